The highest BCUT2D eigenvalue weighted by Gasteiger charge is 2.20. The Morgan fingerprint density at radius 2 is 1.82 bits per heavy atom. The van der Waals surface area contributed by atoms with Crippen LogP contribution in [-0.2, 0) is 9.59 Å². The summed E-state index contributed by atoms with van der Waals surface area (Å²) in [6.07, 6.45) is 7.52. The zero-order chi connectivity index (χ0) is 23.0. The highest BCUT2D eigenvalue weighted by molar-refractivity contribution is 5.92. The van der Waals surface area contributed by atoms with Gasteiger partial charge in [0, 0.05) is 24.7 Å². The van der Waals surface area contributed by atoms with Gasteiger partial charge in [-0.05, 0) is 43.5 Å². The number of hydrogen-bond acceptors (Lipinski definition) is 5. The molecule has 1 aliphatic heterocycles. The van der Waals surface area contributed by atoms with Gasteiger partial charge < -0.3 is 15.0 Å². The quantitative estimate of drug-likeness (QED) is 0.533. The van der Waals surface area contributed by atoms with Gasteiger partial charge in [-0.15, -0.1) is 0 Å². The first-order valence-corrected chi connectivity index (χ1v) is 11.3. The van der Waals surface area contributed by atoms with Gasteiger partial charge in [0.15, 0.2) is 6.61 Å². The van der Waals surface area contributed by atoms with E-state index >= 15 is 0 Å². The lowest BCUT2D eigenvalue weighted by Gasteiger charge is -2.21. The number of benzene rings is 2. The highest BCUT2D eigenvalue weighted by atomic mass is 16.5. The van der Waals surface area contributed by atoms with Crippen LogP contribution in [-0.4, -0.2) is 46.4 Å². The van der Waals surface area contributed by atoms with Crippen LogP contribution in [0.25, 0.3) is 17.1 Å². The van der Waals surface area contributed by atoms with Crippen molar-refractivity contribution in [2.75, 3.05) is 19.7 Å². The minimum Gasteiger partial charge on any atom is -0.483 e. The fraction of sp³-hybridized carbons (Fsp3) is 0.308. The molecule has 7 heteroatoms. The van der Waals surface area contributed by atoms with Crippen LogP contribution in [0.1, 0.15) is 43.5 Å². The summed E-state index contributed by atoms with van der Waals surface area (Å²) in [5.74, 6) is 0.375. The number of amides is 2. The van der Waals surface area contributed by atoms with Crippen molar-refractivity contribution >= 4 is 28.9 Å². The zero-order valence-electron chi connectivity index (χ0n) is 18.7. The van der Waals surface area contributed by atoms with E-state index in [2.05, 4.69) is 15.3 Å². The minimum atomic E-state index is -0.247. The number of likely N-dealkylation sites (tertiary alicyclic amines) is 1. The lowest BCUT2D eigenvalue weighted by atomic mass is 10.0. The molecule has 0 spiro atoms. The first-order valence-electron chi connectivity index (χ1n) is 11.3. The number of nitrogens with one attached hydrogen (secondary N) is 1. The minimum absolute atomic E-state index is 0.00110. The molecule has 1 aromatic heterocycles. The number of aromatic nitrogens is 2. The van der Waals surface area contributed by atoms with Crippen molar-refractivity contribution in [3.05, 3.63) is 72.1 Å². The number of ether oxygens (including phenoxy) is 1. The third-order valence-electron chi connectivity index (χ3n) is 5.70. The van der Waals surface area contributed by atoms with Gasteiger partial charge in [0.2, 0.25) is 5.91 Å². The molecule has 1 unspecified atom stereocenters. The summed E-state index contributed by atoms with van der Waals surface area (Å²) < 4.78 is 5.87. The third-order valence-corrected chi connectivity index (χ3v) is 5.70. The second-order valence-corrected chi connectivity index (χ2v) is 8.00. The van der Waals surface area contributed by atoms with Crippen molar-refractivity contribution < 1.29 is 14.3 Å². The van der Waals surface area contributed by atoms with Crippen molar-refractivity contribution in [2.24, 2.45) is 0 Å². The molecule has 2 aromatic carbocycles. The number of rotatable bonds is 8. The van der Waals surface area contributed by atoms with Gasteiger partial charge in [-0.2, -0.15) is 0 Å². The first kappa shape index (κ1) is 22.5. The molecule has 3 aromatic rings. The predicted octanol–water partition coefficient (Wildman–Crippen LogP) is 3.91. The summed E-state index contributed by atoms with van der Waals surface area (Å²) in [6.45, 7) is 3.59. The molecule has 2 amide bonds. The van der Waals surface area contributed by atoms with E-state index in [0.29, 0.717) is 17.9 Å². The molecule has 4 rings (SSSR count). The van der Waals surface area contributed by atoms with Crippen molar-refractivity contribution in [3.63, 3.8) is 0 Å². The van der Waals surface area contributed by atoms with Gasteiger partial charge in [-0.25, -0.2) is 4.98 Å². The van der Waals surface area contributed by atoms with Gasteiger partial charge in [-0.3, -0.25) is 14.6 Å². The molecule has 0 radical (unpaired) electrons. The number of nitrogens with zero attached hydrogens (tertiary/aromatic N) is 3. The topological polar surface area (TPSA) is 84.4 Å². The first-order chi connectivity index (χ1) is 16.1. The molecule has 0 bridgehead atoms. The molecular formula is C26H28N4O3. The van der Waals surface area contributed by atoms with E-state index in [9.17, 15) is 9.59 Å². The summed E-state index contributed by atoms with van der Waals surface area (Å²) >= 11 is 0. The van der Waals surface area contributed by atoms with E-state index in [1.54, 1.807) is 12.3 Å². The number of hydrogen-bond donors (Lipinski definition) is 1. The Hall–Kier alpha value is -3.74. The second kappa shape index (κ2) is 10.7. The monoisotopic (exact) mass is 444 g/mol. The van der Waals surface area contributed by atoms with Crippen LogP contribution >= 0.6 is 0 Å². The van der Waals surface area contributed by atoms with Crippen LogP contribution in [0, 0.1) is 0 Å². The smallest absolute Gasteiger partial charge is 0.260 e. The van der Waals surface area contributed by atoms with E-state index in [1.807, 2.05) is 60.4 Å². The molecule has 1 saturated heterocycles. The largest absolute Gasteiger partial charge is 0.483 e. The van der Waals surface area contributed by atoms with Crippen molar-refractivity contribution in [1.29, 1.82) is 0 Å². The third kappa shape index (κ3) is 5.74. The van der Waals surface area contributed by atoms with Crippen LogP contribution in [0.3, 0.4) is 0 Å². The molecular weight excluding hydrogens is 416 g/mol. The Morgan fingerprint density at radius 1 is 1.09 bits per heavy atom. The summed E-state index contributed by atoms with van der Waals surface area (Å²) in [5, 5.41) is 3.02. The Morgan fingerprint density at radius 3 is 2.61 bits per heavy atom. The van der Waals surface area contributed by atoms with Crippen molar-refractivity contribution in [2.45, 2.75) is 32.2 Å². The van der Waals surface area contributed by atoms with Crippen LogP contribution < -0.4 is 10.1 Å². The normalized spacial score (nSPS) is 14.5. The second-order valence-electron chi connectivity index (χ2n) is 8.00. The van der Waals surface area contributed by atoms with Gasteiger partial charge in [0.25, 0.3) is 5.91 Å². The molecule has 0 saturated carbocycles. The van der Waals surface area contributed by atoms with Crippen LogP contribution in [0.15, 0.2) is 60.8 Å². The average Bonchev–Trinajstić information content (AvgIpc) is 3.40. The van der Waals surface area contributed by atoms with Crippen LogP contribution in [0.4, 0.5) is 0 Å². The summed E-state index contributed by atoms with van der Waals surface area (Å²) in [6, 6.07) is 14.9. The molecule has 1 N–H and O–H groups in total. The van der Waals surface area contributed by atoms with E-state index in [-0.39, 0.29) is 24.5 Å². The zero-order valence-corrected chi connectivity index (χ0v) is 18.7. The molecule has 2 heterocycles. The number of carbonyl (C=O) groups is 2. The van der Waals surface area contributed by atoms with Gasteiger partial charge >= 0.3 is 0 Å². The number of para-hydroxylation sites is 3. The van der Waals surface area contributed by atoms with E-state index in [4.69, 9.17) is 4.74 Å². The molecule has 170 valence electrons. The standard InChI is InChI=1S/C26H28N4O3/c1-2-21(20-9-3-6-12-24(20)33-18-26(32)30-15-7-8-16-30)29-25(31)14-13-19-17-27-22-10-4-5-11-23(22)28-19/h3-6,9-14,17,21H,2,7-8,15-16,18H2,1H3,(H,29,31). The Labute approximate surface area is 193 Å². The molecule has 1 fully saturated rings. The van der Waals surface area contributed by atoms with Crippen LogP contribution in [0.2, 0.25) is 0 Å². The molecule has 7 nitrogen and oxygen atoms in total. The Bertz CT molecular complexity index is 1150. The van der Waals surface area contributed by atoms with Crippen LogP contribution in [0.5, 0.6) is 5.75 Å². The fourth-order valence-corrected chi connectivity index (χ4v) is 3.93. The maximum atomic E-state index is 12.6. The lowest BCUT2D eigenvalue weighted by Crippen LogP contribution is -2.32. The van der Waals surface area contributed by atoms with E-state index in [0.717, 1.165) is 42.5 Å². The van der Waals surface area contributed by atoms with Gasteiger partial charge in [0.05, 0.1) is 29.0 Å². The van der Waals surface area contributed by atoms with Gasteiger partial charge in [-0.1, -0.05) is 37.3 Å². The average molecular weight is 445 g/mol. The molecule has 33 heavy (non-hydrogen) atoms. The molecule has 1 atom stereocenters. The van der Waals surface area contributed by atoms with Crippen molar-refractivity contribution in [1.82, 2.24) is 20.2 Å². The highest BCUT2D eigenvalue weighted by Crippen LogP contribution is 2.27. The van der Waals surface area contributed by atoms with E-state index in [1.165, 1.54) is 6.08 Å². The summed E-state index contributed by atoms with van der Waals surface area (Å²) in [7, 11) is 0. The van der Waals surface area contributed by atoms with Crippen molar-refractivity contribution in [3.8, 4) is 5.75 Å². The number of carbonyl (C=O) groups excluding carboxylic acids is 2. The lowest BCUT2D eigenvalue weighted by molar-refractivity contribution is -0.132. The number of fused-ring (bicyclic) bond motifs is 1. The summed E-state index contributed by atoms with van der Waals surface area (Å²) in [5.41, 5.74) is 3.05. The SMILES string of the molecule is CCC(NC(=O)C=Cc1cnc2ccccc2n1)c1ccccc1OCC(=O)N1CCCC1. The Kier molecular flexibility index (Phi) is 7.29. The predicted molar refractivity (Wildman–Crippen MR) is 127 cm³/mol. The maximum absolute atomic E-state index is 12.6. The Balaban J connectivity index is 1.40. The molecule has 0 aliphatic carbocycles. The van der Waals surface area contributed by atoms with Gasteiger partial charge in [0.1, 0.15) is 5.75 Å². The summed E-state index contributed by atoms with van der Waals surface area (Å²) in [4.78, 5) is 35.7. The van der Waals surface area contributed by atoms with E-state index < -0.39 is 0 Å². The fourth-order valence-electron chi connectivity index (χ4n) is 3.93. The molecule has 1 aliphatic rings. The maximum Gasteiger partial charge on any atom is 0.260 e.